The maximum atomic E-state index is 6.23. The Bertz CT molecular complexity index is 375. The molecule has 1 N–H and O–H groups in total. The minimum atomic E-state index is 0.0642. The van der Waals surface area contributed by atoms with Crippen LogP contribution in [0.2, 0.25) is 0 Å². The Morgan fingerprint density at radius 3 is 2.78 bits per heavy atom. The normalized spacial score (nSPS) is 17.2. The zero-order valence-corrected chi connectivity index (χ0v) is 11.4. The van der Waals surface area contributed by atoms with E-state index in [1.807, 2.05) is 19.2 Å². The lowest BCUT2D eigenvalue weighted by atomic mass is 9.77. The molecular weight excluding hydrogens is 226 g/mol. The Morgan fingerprint density at radius 2 is 2.17 bits per heavy atom. The van der Waals surface area contributed by atoms with Gasteiger partial charge in [0.25, 0.3) is 0 Å². The van der Waals surface area contributed by atoms with Gasteiger partial charge in [-0.15, -0.1) is 0 Å². The van der Waals surface area contributed by atoms with Crippen LogP contribution in [0.1, 0.15) is 31.2 Å². The van der Waals surface area contributed by atoms with Crippen LogP contribution in [0.15, 0.2) is 24.3 Å². The molecule has 0 aliphatic heterocycles. The van der Waals surface area contributed by atoms with Crippen molar-refractivity contribution < 1.29 is 9.47 Å². The Hall–Kier alpha value is -1.06. The van der Waals surface area contributed by atoms with Gasteiger partial charge in [0.1, 0.15) is 11.4 Å². The largest absolute Gasteiger partial charge is 0.487 e. The molecular formula is C15H23NO2. The van der Waals surface area contributed by atoms with Gasteiger partial charge in [0.15, 0.2) is 0 Å². The standard InChI is InChI=1S/C15H23NO2/c1-16-10-9-15(7-4-8-15)18-14-6-3-5-13(11-14)12-17-2/h3,5-6,11,16H,4,7-10,12H2,1-2H3. The fourth-order valence-corrected chi connectivity index (χ4v) is 2.44. The molecule has 1 aromatic carbocycles. The molecule has 3 nitrogen and oxygen atoms in total. The number of methoxy groups -OCH3 is 1. The van der Waals surface area contributed by atoms with Crippen LogP contribution in [0.5, 0.6) is 5.75 Å². The van der Waals surface area contributed by atoms with Crippen LogP contribution in [-0.4, -0.2) is 26.3 Å². The Morgan fingerprint density at radius 1 is 1.33 bits per heavy atom. The molecule has 18 heavy (non-hydrogen) atoms. The molecule has 0 amide bonds. The van der Waals surface area contributed by atoms with Gasteiger partial charge in [-0.3, -0.25) is 0 Å². The van der Waals surface area contributed by atoms with Crippen molar-refractivity contribution in [3.8, 4) is 5.75 Å². The molecule has 0 aromatic heterocycles. The van der Waals surface area contributed by atoms with E-state index in [0.717, 1.165) is 24.3 Å². The summed E-state index contributed by atoms with van der Waals surface area (Å²) in [7, 11) is 3.71. The molecule has 0 atom stereocenters. The highest BCUT2D eigenvalue weighted by Gasteiger charge is 2.38. The van der Waals surface area contributed by atoms with Gasteiger partial charge in [0.2, 0.25) is 0 Å². The van der Waals surface area contributed by atoms with Crippen molar-refractivity contribution in [2.24, 2.45) is 0 Å². The Labute approximate surface area is 109 Å². The van der Waals surface area contributed by atoms with E-state index in [-0.39, 0.29) is 5.60 Å². The monoisotopic (exact) mass is 249 g/mol. The predicted molar refractivity (Wildman–Crippen MR) is 72.9 cm³/mol. The van der Waals surface area contributed by atoms with Crippen LogP contribution in [0.4, 0.5) is 0 Å². The predicted octanol–water partition coefficient (Wildman–Crippen LogP) is 2.74. The number of ether oxygens (including phenoxy) is 2. The first-order chi connectivity index (χ1) is 8.78. The highest BCUT2D eigenvalue weighted by Crippen LogP contribution is 2.39. The molecule has 2 rings (SSSR count). The summed E-state index contributed by atoms with van der Waals surface area (Å²) < 4.78 is 11.4. The van der Waals surface area contributed by atoms with Gasteiger partial charge in [0, 0.05) is 7.11 Å². The van der Waals surface area contributed by atoms with Crippen LogP contribution < -0.4 is 10.1 Å². The molecule has 1 saturated carbocycles. The van der Waals surface area contributed by atoms with Crippen LogP contribution in [0.25, 0.3) is 0 Å². The maximum Gasteiger partial charge on any atom is 0.120 e. The van der Waals surface area contributed by atoms with Crippen LogP contribution in [-0.2, 0) is 11.3 Å². The number of nitrogens with one attached hydrogen (secondary N) is 1. The van der Waals surface area contributed by atoms with E-state index in [1.54, 1.807) is 7.11 Å². The van der Waals surface area contributed by atoms with Crippen molar-refractivity contribution in [3.05, 3.63) is 29.8 Å². The summed E-state index contributed by atoms with van der Waals surface area (Å²) >= 11 is 0. The summed E-state index contributed by atoms with van der Waals surface area (Å²) in [6, 6.07) is 8.23. The third-order valence-corrected chi connectivity index (χ3v) is 3.64. The molecule has 1 aromatic rings. The summed E-state index contributed by atoms with van der Waals surface area (Å²) in [6.07, 6.45) is 4.70. The Kier molecular flexibility index (Phi) is 4.61. The third-order valence-electron chi connectivity index (χ3n) is 3.64. The molecule has 3 heteroatoms. The molecule has 1 fully saturated rings. The van der Waals surface area contributed by atoms with Crippen LogP contribution in [0, 0.1) is 0 Å². The average Bonchev–Trinajstić information content (AvgIpc) is 2.33. The quantitative estimate of drug-likeness (QED) is 0.806. The first kappa shape index (κ1) is 13.4. The zero-order valence-electron chi connectivity index (χ0n) is 11.4. The van der Waals surface area contributed by atoms with Crippen molar-refractivity contribution in [1.82, 2.24) is 5.32 Å². The van der Waals surface area contributed by atoms with Crippen molar-refractivity contribution in [1.29, 1.82) is 0 Å². The first-order valence-corrected chi connectivity index (χ1v) is 6.69. The van der Waals surface area contributed by atoms with Crippen molar-refractivity contribution >= 4 is 0 Å². The molecule has 0 saturated heterocycles. The minimum Gasteiger partial charge on any atom is -0.487 e. The molecule has 100 valence electrons. The van der Waals surface area contributed by atoms with Crippen molar-refractivity contribution in [3.63, 3.8) is 0 Å². The first-order valence-electron chi connectivity index (χ1n) is 6.69. The number of hydrogen-bond donors (Lipinski definition) is 1. The second-order valence-electron chi connectivity index (χ2n) is 5.07. The van der Waals surface area contributed by atoms with E-state index >= 15 is 0 Å². The molecule has 1 aliphatic carbocycles. The van der Waals surface area contributed by atoms with Gasteiger partial charge in [0.05, 0.1) is 6.61 Å². The lowest BCUT2D eigenvalue weighted by molar-refractivity contribution is -0.0140. The van der Waals surface area contributed by atoms with Crippen molar-refractivity contribution in [2.75, 3.05) is 20.7 Å². The van der Waals surface area contributed by atoms with Crippen LogP contribution in [0.3, 0.4) is 0 Å². The van der Waals surface area contributed by atoms with Gasteiger partial charge in [-0.05, 0) is 57.0 Å². The summed E-state index contributed by atoms with van der Waals surface area (Å²) in [6.45, 7) is 1.65. The zero-order chi connectivity index (χ0) is 12.8. The fourth-order valence-electron chi connectivity index (χ4n) is 2.44. The second-order valence-corrected chi connectivity index (χ2v) is 5.07. The summed E-state index contributed by atoms with van der Waals surface area (Å²) in [5, 5.41) is 3.21. The van der Waals surface area contributed by atoms with Gasteiger partial charge in [-0.1, -0.05) is 12.1 Å². The molecule has 0 unspecified atom stereocenters. The lowest BCUT2D eigenvalue weighted by Gasteiger charge is -2.42. The van der Waals surface area contributed by atoms with Gasteiger partial charge >= 0.3 is 0 Å². The van der Waals surface area contributed by atoms with E-state index in [2.05, 4.69) is 17.4 Å². The average molecular weight is 249 g/mol. The molecule has 0 bridgehead atoms. The third kappa shape index (κ3) is 3.24. The maximum absolute atomic E-state index is 6.23. The Balaban J connectivity index is 2.00. The van der Waals surface area contributed by atoms with E-state index in [9.17, 15) is 0 Å². The van der Waals surface area contributed by atoms with Gasteiger partial charge in [-0.25, -0.2) is 0 Å². The topological polar surface area (TPSA) is 30.5 Å². The molecule has 0 radical (unpaired) electrons. The number of rotatable bonds is 7. The van der Waals surface area contributed by atoms with E-state index in [1.165, 1.54) is 19.3 Å². The highest BCUT2D eigenvalue weighted by atomic mass is 16.5. The minimum absolute atomic E-state index is 0.0642. The lowest BCUT2D eigenvalue weighted by Crippen LogP contribution is -2.45. The molecule has 1 aliphatic rings. The van der Waals surface area contributed by atoms with Gasteiger partial charge in [-0.2, -0.15) is 0 Å². The van der Waals surface area contributed by atoms with Crippen LogP contribution >= 0.6 is 0 Å². The van der Waals surface area contributed by atoms with Gasteiger partial charge < -0.3 is 14.8 Å². The summed E-state index contributed by atoms with van der Waals surface area (Å²) in [5.41, 5.74) is 1.23. The highest BCUT2D eigenvalue weighted by molar-refractivity contribution is 5.29. The number of benzene rings is 1. The van der Waals surface area contributed by atoms with E-state index in [4.69, 9.17) is 9.47 Å². The fraction of sp³-hybridized carbons (Fsp3) is 0.600. The second kappa shape index (κ2) is 6.21. The SMILES string of the molecule is CNCCC1(Oc2cccc(COC)c2)CCC1. The summed E-state index contributed by atoms with van der Waals surface area (Å²) in [5.74, 6) is 0.973. The molecule has 0 spiro atoms. The smallest absolute Gasteiger partial charge is 0.120 e. The summed E-state index contributed by atoms with van der Waals surface area (Å²) in [4.78, 5) is 0. The van der Waals surface area contributed by atoms with E-state index < -0.39 is 0 Å². The van der Waals surface area contributed by atoms with E-state index in [0.29, 0.717) is 6.61 Å². The molecule has 0 heterocycles. The van der Waals surface area contributed by atoms with Crippen molar-refractivity contribution in [2.45, 2.75) is 37.9 Å². The number of hydrogen-bond acceptors (Lipinski definition) is 3.